The van der Waals surface area contributed by atoms with Crippen LogP contribution in [0.1, 0.15) is 12.5 Å². The van der Waals surface area contributed by atoms with Crippen LogP contribution in [-0.4, -0.2) is 48.8 Å². The molecule has 1 atom stereocenters. The van der Waals surface area contributed by atoms with Crippen molar-refractivity contribution in [1.29, 1.82) is 0 Å². The predicted octanol–water partition coefficient (Wildman–Crippen LogP) is 1.82. The van der Waals surface area contributed by atoms with Gasteiger partial charge in [-0.1, -0.05) is 13.0 Å². The number of thioether (sulfide) groups is 1. The monoisotopic (exact) mass is 339 g/mol. The van der Waals surface area contributed by atoms with Crippen LogP contribution >= 0.6 is 11.8 Å². The van der Waals surface area contributed by atoms with Crippen LogP contribution in [0.4, 0.5) is 0 Å². The molecule has 1 aromatic rings. The molecule has 0 bridgehead atoms. The summed E-state index contributed by atoms with van der Waals surface area (Å²) < 4.78 is 9.68. The summed E-state index contributed by atoms with van der Waals surface area (Å²) in [6, 6.07) is 4.04. The Morgan fingerprint density at radius 1 is 1.39 bits per heavy atom. The van der Waals surface area contributed by atoms with Crippen LogP contribution in [0.3, 0.4) is 0 Å². The number of esters is 1. The highest BCUT2D eigenvalue weighted by Gasteiger charge is 2.20. The van der Waals surface area contributed by atoms with Gasteiger partial charge < -0.3 is 19.9 Å². The molecule has 0 fully saturated rings. The third-order valence-corrected chi connectivity index (χ3v) is 3.90. The van der Waals surface area contributed by atoms with Gasteiger partial charge in [-0.15, -0.1) is 0 Å². The van der Waals surface area contributed by atoms with Crippen molar-refractivity contribution in [2.75, 3.05) is 25.7 Å². The quantitative estimate of drug-likeness (QED) is 0.555. The van der Waals surface area contributed by atoms with E-state index in [2.05, 4.69) is 10.1 Å². The Morgan fingerprint density at radius 3 is 2.74 bits per heavy atom. The molecule has 1 amide bonds. The van der Waals surface area contributed by atoms with Gasteiger partial charge in [-0.25, -0.2) is 4.79 Å². The third kappa shape index (κ3) is 6.23. The van der Waals surface area contributed by atoms with E-state index >= 15 is 0 Å². The van der Waals surface area contributed by atoms with Crippen molar-refractivity contribution in [2.24, 2.45) is 0 Å². The van der Waals surface area contributed by atoms with E-state index in [-0.39, 0.29) is 5.75 Å². The Morgan fingerprint density at radius 2 is 2.13 bits per heavy atom. The lowest BCUT2D eigenvalue weighted by Crippen LogP contribution is -2.42. The number of amides is 1. The van der Waals surface area contributed by atoms with E-state index in [0.717, 1.165) is 5.75 Å². The average Bonchev–Trinajstić information content (AvgIpc) is 2.57. The smallest absolute Gasteiger partial charge is 0.329 e. The molecular weight excluding hydrogens is 318 g/mol. The third-order valence-electron chi connectivity index (χ3n) is 2.92. The second-order valence-corrected chi connectivity index (χ2v) is 5.83. The number of aromatic hydroxyl groups is 1. The molecular formula is C16H21NO5S. The van der Waals surface area contributed by atoms with Gasteiger partial charge in [0.15, 0.2) is 11.5 Å². The van der Waals surface area contributed by atoms with Gasteiger partial charge in [-0.3, -0.25) is 4.79 Å². The summed E-state index contributed by atoms with van der Waals surface area (Å²) >= 11 is 1.54. The number of ether oxygens (including phenoxy) is 2. The fraction of sp³-hybridized carbons (Fsp3) is 0.375. The summed E-state index contributed by atoms with van der Waals surface area (Å²) in [4.78, 5) is 23.6. The lowest BCUT2D eigenvalue weighted by Gasteiger charge is -2.14. The first-order valence-corrected chi connectivity index (χ1v) is 8.18. The van der Waals surface area contributed by atoms with Crippen molar-refractivity contribution >= 4 is 29.7 Å². The number of carbonyl (C=O) groups excluding carboxylic acids is 2. The minimum absolute atomic E-state index is 0.0245. The van der Waals surface area contributed by atoms with Gasteiger partial charge in [0.25, 0.3) is 0 Å². The fourth-order valence-electron chi connectivity index (χ4n) is 1.74. The molecule has 0 aliphatic rings. The van der Waals surface area contributed by atoms with Crippen LogP contribution in [0, 0.1) is 0 Å². The summed E-state index contributed by atoms with van der Waals surface area (Å²) in [7, 11) is 2.73. The van der Waals surface area contributed by atoms with Crippen molar-refractivity contribution in [1.82, 2.24) is 5.32 Å². The number of methoxy groups -OCH3 is 2. The zero-order valence-corrected chi connectivity index (χ0v) is 14.2. The highest BCUT2D eigenvalue weighted by Crippen LogP contribution is 2.26. The Labute approximate surface area is 139 Å². The molecule has 0 aliphatic heterocycles. The van der Waals surface area contributed by atoms with Crippen molar-refractivity contribution in [3.63, 3.8) is 0 Å². The topological polar surface area (TPSA) is 84.9 Å². The molecule has 2 N–H and O–H groups in total. The van der Waals surface area contributed by atoms with E-state index in [1.165, 1.54) is 38.1 Å². The molecule has 0 saturated carbocycles. The van der Waals surface area contributed by atoms with Crippen molar-refractivity contribution in [3.05, 3.63) is 29.8 Å². The van der Waals surface area contributed by atoms with Crippen LogP contribution in [-0.2, 0) is 14.3 Å². The maximum absolute atomic E-state index is 11.9. The van der Waals surface area contributed by atoms with Crippen LogP contribution < -0.4 is 10.1 Å². The lowest BCUT2D eigenvalue weighted by atomic mass is 10.2. The van der Waals surface area contributed by atoms with Crippen molar-refractivity contribution in [2.45, 2.75) is 13.0 Å². The van der Waals surface area contributed by atoms with E-state index in [9.17, 15) is 14.7 Å². The predicted molar refractivity (Wildman–Crippen MR) is 90.6 cm³/mol. The van der Waals surface area contributed by atoms with Crippen molar-refractivity contribution in [3.8, 4) is 11.5 Å². The molecule has 23 heavy (non-hydrogen) atoms. The molecule has 0 spiro atoms. The number of phenolic OH excluding ortho intramolecular Hbond substituents is 1. The van der Waals surface area contributed by atoms with Crippen molar-refractivity contribution < 1.29 is 24.2 Å². The number of hydrogen-bond acceptors (Lipinski definition) is 6. The summed E-state index contributed by atoms with van der Waals surface area (Å²) in [5, 5.41) is 12.1. The van der Waals surface area contributed by atoms with E-state index in [4.69, 9.17) is 4.74 Å². The van der Waals surface area contributed by atoms with Gasteiger partial charge in [0.2, 0.25) is 5.91 Å². The van der Waals surface area contributed by atoms with E-state index in [1.807, 2.05) is 6.92 Å². The van der Waals surface area contributed by atoms with Crippen LogP contribution in [0.25, 0.3) is 6.08 Å². The Bertz CT molecular complexity index is 574. The van der Waals surface area contributed by atoms with Gasteiger partial charge in [-0.05, 0) is 29.5 Å². The highest BCUT2D eigenvalue weighted by atomic mass is 32.2. The minimum atomic E-state index is -0.684. The normalized spacial score (nSPS) is 12.0. The van der Waals surface area contributed by atoms with E-state index in [0.29, 0.717) is 17.1 Å². The van der Waals surface area contributed by atoms with Gasteiger partial charge in [-0.2, -0.15) is 11.8 Å². The summed E-state index contributed by atoms with van der Waals surface area (Å²) in [5.74, 6) is 0.765. The first-order valence-electron chi connectivity index (χ1n) is 7.03. The molecule has 1 aromatic carbocycles. The first kappa shape index (κ1) is 18.9. The van der Waals surface area contributed by atoms with E-state index < -0.39 is 17.9 Å². The number of benzene rings is 1. The zero-order valence-electron chi connectivity index (χ0n) is 13.4. The first-order chi connectivity index (χ1) is 11.0. The summed E-state index contributed by atoms with van der Waals surface area (Å²) in [6.45, 7) is 1.97. The SMILES string of the molecule is CCSCC(NC(=O)/C=C/c1ccc(O)c(OC)c1)C(=O)OC. The maximum Gasteiger partial charge on any atom is 0.329 e. The zero-order chi connectivity index (χ0) is 17.2. The Kier molecular flexibility index (Phi) is 8.04. The standard InChI is InChI=1S/C16H21NO5S/c1-4-23-10-12(16(20)22-3)17-15(19)8-6-11-5-7-13(18)14(9-11)21-2/h5-9,12,18H,4,10H2,1-3H3,(H,17,19)/b8-6+. The number of nitrogens with one attached hydrogen (secondary N) is 1. The molecule has 1 rings (SSSR count). The molecule has 0 aliphatic carbocycles. The van der Waals surface area contributed by atoms with Gasteiger partial charge in [0, 0.05) is 11.8 Å². The molecule has 0 radical (unpaired) electrons. The average molecular weight is 339 g/mol. The highest BCUT2D eigenvalue weighted by molar-refractivity contribution is 7.99. The van der Waals surface area contributed by atoms with Gasteiger partial charge in [0.1, 0.15) is 6.04 Å². The molecule has 1 unspecified atom stereocenters. The van der Waals surface area contributed by atoms with E-state index in [1.54, 1.807) is 18.2 Å². The molecule has 0 aromatic heterocycles. The van der Waals surface area contributed by atoms with Crippen LogP contribution in [0.2, 0.25) is 0 Å². The summed E-state index contributed by atoms with van der Waals surface area (Å²) in [6.07, 6.45) is 2.89. The number of carbonyl (C=O) groups is 2. The van der Waals surface area contributed by atoms with Crippen LogP contribution in [0.5, 0.6) is 11.5 Å². The van der Waals surface area contributed by atoms with Gasteiger partial charge in [0.05, 0.1) is 14.2 Å². The number of rotatable bonds is 8. The lowest BCUT2D eigenvalue weighted by molar-refractivity contribution is -0.143. The molecule has 0 heterocycles. The molecule has 126 valence electrons. The number of hydrogen-bond donors (Lipinski definition) is 2. The minimum Gasteiger partial charge on any atom is -0.504 e. The van der Waals surface area contributed by atoms with Crippen LogP contribution in [0.15, 0.2) is 24.3 Å². The maximum atomic E-state index is 11.9. The second kappa shape index (κ2) is 9.78. The Hall–Kier alpha value is -2.15. The fourth-order valence-corrected chi connectivity index (χ4v) is 2.43. The molecule has 6 nitrogen and oxygen atoms in total. The Balaban J connectivity index is 2.71. The largest absolute Gasteiger partial charge is 0.504 e. The summed E-state index contributed by atoms with van der Waals surface area (Å²) in [5.41, 5.74) is 0.687. The molecule has 0 saturated heterocycles. The number of phenols is 1. The second-order valence-electron chi connectivity index (χ2n) is 4.51. The van der Waals surface area contributed by atoms with Gasteiger partial charge >= 0.3 is 5.97 Å². The molecule has 7 heteroatoms.